The molecule has 1 aliphatic carbocycles. The van der Waals surface area contributed by atoms with E-state index in [4.69, 9.17) is 16.3 Å². The van der Waals surface area contributed by atoms with E-state index in [1.165, 1.54) is 24.6 Å². The van der Waals surface area contributed by atoms with Crippen molar-refractivity contribution in [2.24, 2.45) is 5.92 Å². The Kier molecular flexibility index (Phi) is 5.60. The molecule has 0 saturated heterocycles. The molecule has 22 heavy (non-hydrogen) atoms. The van der Waals surface area contributed by atoms with Crippen LogP contribution >= 0.6 is 11.6 Å². The molecule has 0 aliphatic heterocycles. The molecule has 1 aliphatic rings. The van der Waals surface area contributed by atoms with Crippen LogP contribution in [0.25, 0.3) is 0 Å². The van der Waals surface area contributed by atoms with E-state index >= 15 is 0 Å². The van der Waals surface area contributed by atoms with Gasteiger partial charge in [-0.1, -0.05) is 31.4 Å². The van der Waals surface area contributed by atoms with Gasteiger partial charge in [0.1, 0.15) is 0 Å². The van der Waals surface area contributed by atoms with Gasteiger partial charge in [-0.25, -0.2) is 0 Å². The molecule has 6 nitrogen and oxygen atoms in total. The normalized spacial score (nSPS) is 21.2. The molecular formula is C15H19ClN2O4. The number of benzene rings is 1. The maximum atomic E-state index is 11.9. The van der Waals surface area contributed by atoms with Crippen LogP contribution in [0.3, 0.4) is 0 Å². The minimum Gasteiger partial charge on any atom is -0.477 e. The molecule has 1 aromatic carbocycles. The Morgan fingerprint density at radius 3 is 2.86 bits per heavy atom. The van der Waals surface area contributed by atoms with Crippen molar-refractivity contribution < 1.29 is 14.5 Å². The van der Waals surface area contributed by atoms with Crippen molar-refractivity contribution in [1.29, 1.82) is 0 Å². The van der Waals surface area contributed by atoms with Gasteiger partial charge in [0.15, 0.2) is 12.4 Å². The quantitative estimate of drug-likeness (QED) is 0.664. The lowest BCUT2D eigenvalue weighted by atomic mass is 9.86. The van der Waals surface area contributed by atoms with Gasteiger partial charge in [-0.2, -0.15) is 0 Å². The number of nitrogens with zero attached hydrogens (tertiary/aromatic N) is 1. The van der Waals surface area contributed by atoms with E-state index in [-0.39, 0.29) is 35.0 Å². The Morgan fingerprint density at radius 1 is 1.45 bits per heavy atom. The maximum absolute atomic E-state index is 11.9. The van der Waals surface area contributed by atoms with E-state index in [1.807, 2.05) is 0 Å². The van der Waals surface area contributed by atoms with Gasteiger partial charge in [0.05, 0.1) is 4.92 Å². The minimum absolute atomic E-state index is 0.0428. The average molecular weight is 327 g/mol. The van der Waals surface area contributed by atoms with E-state index in [2.05, 4.69) is 12.2 Å². The number of ether oxygens (including phenoxy) is 1. The van der Waals surface area contributed by atoms with Crippen LogP contribution < -0.4 is 10.1 Å². The summed E-state index contributed by atoms with van der Waals surface area (Å²) in [6.45, 7) is 1.88. The highest BCUT2D eigenvalue weighted by Gasteiger charge is 2.23. The zero-order valence-corrected chi connectivity index (χ0v) is 13.1. The Balaban J connectivity index is 1.92. The third kappa shape index (κ3) is 4.34. The van der Waals surface area contributed by atoms with E-state index in [9.17, 15) is 14.9 Å². The molecule has 0 unspecified atom stereocenters. The van der Waals surface area contributed by atoms with Gasteiger partial charge in [0.25, 0.3) is 5.91 Å². The van der Waals surface area contributed by atoms with Crippen LogP contribution in [0.1, 0.15) is 32.6 Å². The first-order chi connectivity index (χ1) is 10.5. The fraction of sp³-hybridized carbons (Fsp3) is 0.533. The van der Waals surface area contributed by atoms with Gasteiger partial charge in [-0.05, 0) is 30.9 Å². The van der Waals surface area contributed by atoms with Crippen LogP contribution in [0.5, 0.6) is 5.75 Å². The summed E-state index contributed by atoms with van der Waals surface area (Å²) in [6.07, 6.45) is 4.38. The third-order valence-electron chi connectivity index (χ3n) is 3.93. The lowest BCUT2D eigenvalue weighted by Crippen LogP contribution is -2.43. The van der Waals surface area contributed by atoms with E-state index in [1.54, 1.807) is 0 Å². The fourth-order valence-corrected chi connectivity index (χ4v) is 2.84. The second-order valence-corrected chi connectivity index (χ2v) is 6.03. The van der Waals surface area contributed by atoms with Crippen LogP contribution in [-0.2, 0) is 4.79 Å². The van der Waals surface area contributed by atoms with Gasteiger partial charge < -0.3 is 10.1 Å². The topological polar surface area (TPSA) is 81.5 Å². The molecular weight excluding hydrogens is 308 g/mol. The summed E-state index contributed by atoms with van der Waals surface area (Å²) in [5.41, 5.74) is -0.244. The number of amides is 1. The number of hydrogen-bond acceptors (Lipinski definition) is 4. The number of nitrogens with one attached hydrogen (secondary N) is 1. The van der Waals surface area contributed by atoms with Crippen LogP contribution in [0.2, 0.25) is 5.02 Å². The monoisotopic (exact) mass is 326 g/mol. The van der Waals surface area contributed by atoms with Crippen molar-refractivity contribution in [3.8, 4) is 5.75 Å². The van der Waals surface area contributed by atoms with Crippen molar-refractivity contribution in [2.45, 2.75) is 38.6 Å². The standard InChI is InChI=1S/C15H19ClN2O4/c1-10-4-2-3-5-12(10)17-15(19)9-22-14-7-6-11(16)8-13(14)18(20)21/h6-8,10,12H,2-5,9H2,1H3,(H,17,19)/t10-,12+/m0/s1. The van der Waals surface area contributed by atoms with Crippen molar-refractivity contribution >= 4 is 23.2 Å². The minimum atomic E-state index is -0.581. The Hall–Kier alpha value is -1.82. The molecule has 7 heteroatoms. The summed E-state index contributed by atoms with van der Waals surface area (Å²) in [7, 11) is 0. The van der Waals surface area contributed by atoms with Gasteiger partial charge in [-0.3, -0.25) is 14.9 Å². The van der Waals surface area contributed by atoms with Crippen LogP contribution in [0.4, 0.5) is 5.69 Å². The number of rotatable bonds is 5. The van der Waals surface area contributed by atoms with Gasteiger partial charge in [-0.15, -0.1) is 0 Å². The first kappa shape index (κ1) is 16.5. The number of halogens is 1. The Labute approximate surface area is 133 Å². The van der Waals surface area contributed by atoms with Crippen molar-refractivity contribution in [3.63, 3.8) is 0 Å². The molecule has 1 saturated carbocycles. The van der Waals surface area contributed by atoms with E-state index in [0.717, 1.165) is 19.3 Å². The Morgan fingerprint density at radius 2 is 2.18 bits per heavy atom. The molecule has 1 amide bonds. The molecule has 0 heterocycles. The van der Waals surface area contributed by atoms with Crippen LogP contribution in [-0.4, -0.2) is 23.5 Å². The molecule has 1 aromatic rings. The predicted octanol–water partition coefficient (Wildman–Crippen LogP) is 3.32. The smallest absolute Gasteiger partial charge is 0.312 e. The van der Waals surface area contributed by atoms with Gasteiger partial charge in [0, 0.05) is 17.1 Å². The van der Waals surface area contributed by atoms with E-state index in [0.29, 0.717) is 5.92 Å². The second-order valence-electron chi connectivity index (χ2n) is 5.59. The molecule has 0 bridgehead atoms. The summed E-state index contributed by atoms with van der Waals surface area (Å²) >= 11 is 5.73. The number of nitro groups is 1. The SMILES string of the molecule is C[C@H]1CCCC[C@H]1NC(=O)COc1ccc(Cl)cc1[N+](=O)[O-]. The van der Waals surface area contributed by atoms with Crippen molar-refractivity contribution in [1.82, 2.24) is 5.32 Å². The van der Waals surface area contributed by atoms with Gasteiger partial charge in [0.2, 0.25) is 0 Å². The summed E-state index contributed by atoms with van der Waals surface area (Å²) in [5, 5.41) is 14.1. The highest BCUT2D eigenvalue weighted by atomic mass is 35.5. The Bertz CT molecular complexity index is 564. The highest BCUT2D eigenvalue weighted by molar-refractivity contribution is 6.30. The molecule has 2 atom stereocenters. The third-order valence-corrected chi connectivity index (χ3v) is 4.17. The predicted molar refractivity (Wildman–Crippen MR) is 83.2 cm³/mol. The van der Waals surface area contributed by atoms with Crippen LogP contribution in [0.15, 0.2) is 18.2 Å². The number of carbonyl (C=O) groups is 1. The molecule has 0 aromatic heterocycles. The lowest BCUT2D eigenvalue weighted by Gasteiger charge is -2.29. The summed E-state index contributed by atoms with van der Waals surface area (Å²) in [6, 6.07) is 4.25. The zero-order chi connectivity index (χ0) is 16.1. The number of nitro benzene ring substituents is 1. The average Bonchev–Trinajstić information content (AvgIpc) is 2.48. The van der Waals surface area contributed by atoms with Gasteiger partial charge >= 0.3 is 5.69 Å². The second kappa shape index (κ2) is 7.45. The number of hydrogen-bond donors (Lipinski definition) is 1. The fourth-order valence-electron chi connectivity index (χ4n) is 2.68. The molecule has 2 rings (SSSR count). The zero-order valence-electron chi connectivity index (χ0n) is 12.4. The molecule has 0 radical (unpaired) electrons. The first-order valence-electron chi connectivity index (χ1n) is 7.33. The van der Waals surface area contributed by atoms with E-state index < -0.39 is 4.92 Å². The first-order valence-corrected chi connectivity index (χ1v) is 7.71. The summed E-state index contributed by atoms with van der Waals surface area (Å²) in [4.78, 5) is 22.3. The molecule has 0 spiro atoms. The number of carbonyl (C=O) groups excluding carboxylic acids is 1. The largest absolute Gasteiger partial charge is 0.477 e. The highest BCUT2D eigenvalue weighted by Crippen LogP contribution is 2.30. The lowest BCUT2D eigenvalue weighted by molar-refractivity contribution is -0.385. The molecule has 1 fully saturated rings. The van der Waals surface area contributed by atoms with Crippen molar-refractivity contribution in [3.05, 3.63) is 33.3 Å². The van der Waals surface area contributed by atoms with Crippen molar-refractivity contribution in [2.75, 3.05) is 6.61 Å². The molecule has 120 valence electrons. The maximum Gasteiger partial charge on any atom is 0.312 e. The summed E-state index contributed by atoms with van der Waals surface area (Å²) in [5.74, 6) is 0.229. The van der Waals surface area contributed by atoms with Crippen LogP contribution in [0, 0.1) is 16.0 Å². The summed E-state index contributed by atoms with van der Waals surface area (Å²) < 4.78 is 5.28. The molecule has 1 N–H and O–H groups in total.